The highest BCUT2D eigenvalue weighted by atomic mass is 16.6. The first kappa shape index (κ1) is 35.0. The lowest BCUT2D eigenvalue weighted by molar-refractivity contribution is 0.0730. The van der Waals surface area contributed by atoms with Crippen LogP contribution >= 0.6 is 0 Å². The van der Waals surface area contributed by atoms with E-state index in [2.05, 4.69) is 10.6 Å². The number of amides is 2. The summed E-state index contributed by atoms with van der Waals surface area (Å²) in [6.45, 7) is 0. The first-order valence-corrected chi connectivity index (χ1v) is 16.1. The normalized spacial score (nSPS) is 10.9. The molecule has 0 spiro atoms. The van der Waals surface area contributed by atoms with Gasteiger partial charge in [-0.3, -0.25) is 14.4 Å². The number of ether oxygens (including phenoxy) is 3. The van der Waals surface area contributed by atoms with E-state index >= 15 is 0 Å². The maximum atomic E-state index is 14.5. The second-order valence-electron chi connectivity index (χ2n) is 11.9. The first-order valence-electron chi connectivity index (χ1n) is 16.1. The monoisotopic (exact) mass is 701 g/mol. The van der Waals surface area contributed by atoms with Gasteiger partial charge in [-0.15, -0.1) is 0 Å². The van der Waals surface area contributed by atoms with E-state index in [0.717, 1.165) is 5.69 Å². The zero-order valence-corrected chi connectivity index (χ0v) is 29.2. The Labute approximate surface area is 298 Å². The molecule has 264 valence electrons. The Morgan fingerprint density at radius 3 is 2.02 bits per heavy atom. The minimum absolute atomic E-state index is 0.00265. The number of carbonyl (C=O) groups excluding carboxylic acids is 3. The lowest BCUT2D eigenvalue weighted by atomic mass is 9.90. The van der Waals surface area contributed by atoms with Gasteiger partial charge in [-0.25, -0.2) is 4.79 Å². The number of benzene rings is 5. The number of methoxy groups -OCH3 is 2. The number of rotatable bonds is 9. The summed E-state index contributed by atoms with van der Waals surface area (Å²) in [7, 11) is 9.32. The van der Waals surface area contributed by atoms with Crippen molar-refractivity contribution in [3.63, 3.8) is 0 Å². The maximum Gasteiger partial charge on any atom is 0.344 e. The third-order valence-corrected chi connectivity index (χ3v) is 8.70. The zero-order valence-electron chi connectivity index (χ0n) is 29.2. The van der Waals surface area contributed by atoms with Gasteiger partial charge in [-0.05, 0) is 60.2 Å². The zero-order chi connectivity index (χ0) is 37.3. The molecule has 3 N–H and O–H groups in total. The summed E-state index contributed by atoms with van der Waals surface area (Å²) in [5.41, 5.74) is 2.62. The number of aromatic hydroxyl groups is 1. The number of nitrogens with one attached hydrogen (secondary N) is 2. The van der Waals surface area contributed by atoms with Gasteiger partial charge in [0.25, 0.3) is 11.8 Å². The van der Waals surface area contributed by atoms with E-state index in [1.807, 2.05) is 37.2 Å². The summed E-state index contributed by atoms with van der Waals surface area (Å²) < 4.78 is 23.4. The molecule has 0 bridgehead atoms. The van der Waals surface area contributed by atoms with Crippen molar-refractivity contribution in [3.05, 3.63) is 112 Å². The predicted octanol–water partition coefficient (Wildman–Crippen LogP) is 5.96. The summed E-state index contributed by atoms with van der Waals surface area (Å²) in [4.78, 5) is 55.5. The lowest BCUT2D eigenvalue weighted by Crippen LogP contribution is -2.22. The molecule has 12 heteroatoms. The number of fused-ring (bicyclic) bond motifs is 2. The van der Waals surface area contributed by atoms with Crippen LogP contribution < -0.4 is 35.2 Å². The highest BCUT2D eigenvalue weighted by Gasteiger charge is 2.31. The fourth-order valence-electron chi connectivity index (χ4n) is 6.17. The molecule has 12 nitrogen and oxygen atoms in total. The number of carbonyl (C=O) groups is 3. The highest BCUT2D eigenvalue weighted by molar-refractivity contribution is 6.12. The summed E-state index contributed by atoms with van der Waals surface area (Å²) in [5.74, 6) is -2.38. The number of phenolic OH excluding ortho intramolecular Hbond substituents is 1. The van der Waals surface area contributed by atoms with E-state index in [1.54, 1.807) is 30.3 Å². The Kier molecular flexibility index (Phi) is 9.56. The van der Waals surface area contributed by atoms with Crippen molar-refractivity contribution in [1.29, 1.82) is 0 Å². The Bertz CT molecular complexity index is 2420. The Morgan fingerprint density at radius 1 is 0.712 bits per heavy atom. The largest absolute Gasteiger partial charge is 0.504 e. The van der Waals surface area contributed by atoms with Gasteiger partial charge in [0.15, 0.2) is 28.4 Å². The first-order chi connectivity index (χ1) is 25.0. The van der Waals surface area contributed by atoms with Crippen LogP contribution in [0.5, 0.6) is 23.0 Å². The molecule has 0 atom stereocenters. The minimum Gasteiger partial charge on any atom is -0.504 e. The quantitative estimate of drug-likeness (QED) is 0.0934. The molecule has 2 amide bonds. The Morgan fingerprint density at radius 2 is 1.37 bits per heavy atom. The number of nitrogens with zero attached hydrogens (tertiary/aromatic N) is 1. The highest BCUT2D eigenvalue weighted by Crippen LogP contribution is 2.49. The number of phenols is 1. The van der Waals surface area contributed by atoms with Crippen LogP contribution in [0.4, 0.5) is 5.69 Å². The fraction of sp³-hybridized carbons (Fsp3) is 0.150. The van der Waals surface area contributed by atoms with Crippen LogP contribution in [0, 0.1) is 0 Å². The molecule has 0 saturated heterocycles. The van der Waals surface area contributed by atoms with Crippen molar-refractivity contribution in [2.45, 2.75) is 0 Å². The van der Waals surface area contributed by atoms with E-state index in [1.165, 1.54) is 64.7 Å². The van der Waals surface area contributed by atoms with E-state index < -0.39 is 23.5 Å². The molecule has 4 aromatic rings. The second-order valence-corrected chi connectivity index (χ2v) is 11.9. The number of hydrogen-bond acceptors (Lipinski definition) is 10. The number of esters is 1. The van der Waals surface area contributed by atoms with Crippen molar-refractivity contribution < 1.29 is 38.1 Å². The SMILES string of the molecule is CNC(=O)c1ccc(OC)c(O)c1-c1c(C(=O)NC)ccc(OC)c1OC(=O)c1ccccc1-c1c2ccc(=O)cc-2oc2cc(N(C)C)ccc12. The minimum atomic E-state index is -0.847. The Hall–Kier alpha value is -6.82. The summed E-state index contributed by atoms with van der Waals surface area (Å²) in [6.07, 6.45) is 0. The molecule has 0 saturated carbocycles. The molecule has 1 heterocycles. The van der Waals surface area contributed by atoms with Gasteiger partial charge in [0.1, 0.15) is 11.3 Å². The molecule has 4 aromatic carbocycles. The average molecular weight is 702 g/mol. The van der Waals surface area contributed by atoms with Crippen LogP contribution in [0.25, 0.3) is 44.5 Å². The second kappa shape index (κ2) is 14.2. The fourth-order valence-corrected chi connectivity index (χ4v) is 6.17. The molecule has 52 heavy (non-hydrogen) atoms. The number of hydrogen-bond donors (Lipinski definition) is 3. The van der Waals surface area contributed by atoms with Gasteiger partial charge in [-0.2, -0.15) is 0 Å². The topological polar surface area (TPSA) is 157 Å². The molecule has 0 unspecified atom stereocenters. The van der Waals surface area contributed by atoms with Crippen LogP contribution in [-0.2, 0) is 0 Å². The molecule has 0 radical (unpaired) electrons. The van der Waals surface area contributed by atoms with Gasteiger partial charge >= 0.3 is 5.97 Å². The maximum absolute atomic E-state index is 14.5. The van der Waals surface area contributed by atoms with E-state index in [9.17, 15) is 24.3 Å². The molecule has 0 aromatic heterocycles. The van der Waals surface area contributed by atoms with Crippen molar-refractivity contribution in [2.75, 3.05) is 47.3 Å². The molecule has 1 aliphatic heterocycles. The van der Waals surface area contributed by atoms with Gasteiger partial charge in [0.2, 0.25) is 0 Å². The molecule has 0 fully saturated rings. The van der Waals surface area contributed by atoms with E-state index in [-0.39, 0.29) is 50.5 Å². The third kappa shape index (κ3) is 6.10. The van der Waals surface area contributed by atoms with Gasteiger partial charge in [0, 0.05) is 73.7 Å². The third-order valence-electron chi connectivity index (χ3n) is 8.70. The van der Waals surface area contributed by atoms with Crippen molar-refractivity contribution >= 4 is 34.4 Å². The molecule has 2 aliphatic rings. The smallest absolute Gasteiger partial charge is 0.344 e. The van der Waals surface area contributed by atoms with Crippen LogP contribution in [0.2, 0.25) is 0 Å². The van der Waals surface area contributed by atoms with Crippen molar-refractivity contribution in [2.24, 2.45) is 0 Å². The van der Waals surface area contributed by atoms with Crippen molar-refractivity contribution in [3.8, 4) is 56.6 Å². The van der Waals surface area contributed by atoms with E-state index in [4.69, 9.17) is 18.6 Å². The van der Waals surface area contributed by atoms with Crippen LogP contribution in [0.1, 0.15) is 31.1 Å². The van der Waals surface area contributed by atoms with Crippen LogP contribution in [0.3, 0.4) is 0 Å². The summed E-state index contributed by atoms with van der Waals surface area (Å²) >= 11 is 0. The summed E-state index contributed by atoms with van der Waals surface area (Å²) in [6, 6.07) is 22.6. The lowest BCUT2D eigenvalue weighted by Gasteiger charge is -2.22. The predicted molar refractivity (Wildman–Crippen MR) is 197 cm³/mol. The molecular formula is C40H35N3O9. The Balaban J connectivity index is 1.62. The molecule has 1 aliphatic carbocycles. The van der Waals surface area contributed by atoms with Crippen LogP contribution in [-0.4, -0.2) is 65.3 Å². The van der Waals surface area contributed by atoms with Gasteiger partial charge < -0.3 is 39.3 Å². The standard InChI is InChI=1S/C40H35N3O9/c1-41-38(46)27-15-17-29(49-5)36(45)34(27)35-28(39(47)42-2)16-18-30(50-6)37(35)52-40(48)24-10-8-7-9-23(24)33-25-13-11-21(43(3)4)19-31(25)51-32-20-22(44)12-14-26(32)33/h7-20,45H,1-6H3,(H,41,46)(H,42,47). The molecule has 6 rings (SSSR count). The van der Waals surface area contributed by atoms with Gasteiger partial charge in [-0.1, -0.05) is 18.2 Å². The van der Waals surface area contributed by atoms with Crippen LogP contribution in [0.15, 0.2) is 94.1 Å². The molecular weight excluding hydrogens is 666 g/mol. The average Bonchev–Trinajstić information content (AvgIpc) is 3.15. The van der Waals surface area contributed by atoms with E-state index in [0.29, 0.717) is 33.4 Å². The van der Waals surface area contributed by atoms with Gasteiger partial charge in [0.05, 0.1) is 30.9 Å². The van der Waals surface area contributed by atoms with Crippen molar-refractivity contribution in [1.82, 2.24) is 10.6 Å². The number of anilines is 1. The summed E-state index contributed by atoms with van der Waals surface area (Å²) in [5, 5.41) is 17.3.